The second kappa shape index (κ2) is 7.17. The Hall–Kier alpha value is -2.64. The average molecular weight is 370 g/mol. The molecule has 1 saturated carbocycles. The Morgan fingerprint density at radius 1 is 1.19 bits per heavy atom. The van der Waals surface area contributed by atoms with E-state index in [1.807, 2.05) is 24.0 Å². The minimum Gasteiger partial charge on any atom is -0.324 e. The fourth-order valence-corrected chi connectivity index (χ4v) is 4.17. The summed E-state index contributed by atoms with van der Waals surface area (Å²) in [7, 11) is 3.57. The monoisotopic (exact) mass is 370 g/mol. The lowest BCUT2D eigenvalue weighted by molar-refractivity contribution is 0.462. The highest BCUT2D eigenvalue weighted by atomic mass is 16.2. The minimum atomic E-state index is -0.301. The van der Waals surface area contributed by atoms with Crippen LogP contribution in [0.25, 0.3) is 11.2 Å². The summed E-state index contributed by atoms with van der Waals surface area (Å²) in [5, 5.41) is 4.16. The van der Waals surface area contributed by atoms with Gasteiger partial charge >= 0.3 is 5.69 Å². The van der Waals surface area contributed by atoms with E-state index in [1.165, 1.54) is 34.8 Å². The molecule has 3 aromatic rings. The maximum atomic E-state index is 13.1. The van der Waals surface area contributed by atoms with Gasteiger partial charge in [-0.15, -0.1) is 0 Å². The zero-order chi connectivity index (χ0) is 19.0. The number of hydrogen-bond donors (Lipinski definition) is 0. The van der Waals surface area contributed by atoms with E-state index >= 15 is 0 Å². The summed E-state index contributed by atoms with van der Waals surface area (Å²) in [5.41, 5.74) is 1.60. The first-order valence-electron chi connectivity index (χ1n) is 9.67. The number of hydrogen-bond acceptors (Lipinski definition) is 4. The summed E-state index contributed by atoms with van der Waals surface area (Å²) < 4.78 is 6.55. The smallest absolute Gasteiger partial charge is 0.324 e. The second-order valence-electron chi connectivity index (χ2n) is 7.64. The van der Waals surface area contributed by atoms with Crippen LogP contribution in [0.4, 0.5) is 0 Å². The minimum absolute atomic E-state index is 0.227. The molecule has 4 rings (SSSR count). The van der Waals surface area contributed by atoms with Crippen molar-refractivity contribution in [3.8, 4) is 0 Å². The van der Waals surface area contributed by atoms with Gasteiger partial charge in [0.2, 0.25) is 0 Å². The van der Waals surface area contributed by atoms with Gasteiger partial charge in [-0.2, -0.15) is 5.10 Å². The van der Waals surface area contributed by atoms with Gasteiger partial charge in [0.1, 0.15) is 0 Å². The van der Waals surface area contributed by atoms with Gasteiger partial charge in [0, 0.05) is 33.4 Å². The normalized spacial score (nSPS) is 15.2. The molecule has 0 spiro atoms. The first kappa shape index (κ1) is 17.8. The Bertz CT molecular complexity index is 1060. The van der Waals surface area contributed by atoms with Gasteiger partial charge in [-0.1, -0.05) is 12.8 Å². The molecule has 0 aromatic carbocycles. The fourth-order valence-electron chi connectivity index (χ4n) is 4.17. The molecule has 0 unspecified atom stereocenters. The Balaban J connectivity index is 1.63. The van der Waals surface area contributed by atoms with E-state index in [9.17, 15) is 9.59 Å². The molecule has 0 atom stereocenters. The van der Waals surface area contributed by atoms with Gasteiger partial charge < -0.3 is 4.57 Å². The third-order valence-corrected chi connectivity index (χ3v) is 5.64. The van der Waals surface area contributed by atoms with E-state index in [0.717, 1.165) is 18.5 Å². The van der Waals surface area contributed by atoms with Gasteiger partial charge in [-0.05, 0) is 37.2 Å². The van der Waals surface area contributed by atoms with Crippen molar-refractivity contribution in [3.63, 3.8) is 0 Å². The van der Waals surface area contributed by atoms with Gasteiger partial charge in [0.15, 0.2) is 11.2 Å². The Morgan fingerprint density at radius 2 is 1.96 bits per heavy atom. The molecule has 3 aromatic heterocycles. The van der Waals surface area contributed by atoms with Crippen molar-refractivity contribution in [2.45, 2.75) is 51.6 Å². The lowest BCUT2D eigenvalue weighted by atomic mass is 10.1. The summed E-state index contributed by atoms with van der Waals surface area (Å²) in [6.45, 7) is 1.20. The fraction of sp³-hybridized carbons (Fsp3) is 0.579. The molecule has 1 aliphatic rings. The molecule has 1 fully saturated rings. The van der Waals surface area contributed by atoms with Gasteiger partial charge in [0.05, 0.1) is 12.5 Å². The van der Waals surface area contributed by atoms with E-state index in [-0.39, 0.29) is 11.2 Å². The summed E-state index contributed by atoms with van der Waals surface area (Å²) in [6.07, 6.45) is 11.9. The number of fused-ring (bicyclic) bond motifs is 1. The molecular formula is C19H26N6O2. The lowest BCUT2D eigenvalue weighted by Gasteiger charge is -2.12. The molecule has 0 saturated heterocycles. The largest absolute Gasteiger partial charge is 0.332 e. The zero-order valence-corrected chi connectivity index (χ0v) is 16.0. The van der Waals surface area contributed by atoms with Crippen LogP contribution in [0.5, 0.6) is 0 Å². The summed E-state index contributed by atoms with van der Waals surface area (Å²) in [6, 6.07) is 0. The molecule has 8 heteroatoms. The maximum absolute atomic E-state index is 13.1. The molecule has 1 aliphatic carbocycles. The van der Waals surface area contributed by atoms with Gasteiger partial charge in [-0.3, -0.25) is 18.6 Å². The highest BCUT2D eigenvalue weighted by Crippen LogP contribution is 2.26. The third-order valence-electron chi connectivity index (χ3n) is 5.64. The highest BCUT2D eigenvalue weighted by molar-refractivity contribution is 5.69. The predicted octanol–water partition coefficient (Wildman–Crippen LogP) is 1.45. The molecule has 0 bridgehead atoms. The van der Waals surface area contributed by atoms with Gasteiger partial charge in [-0.25, -0.2) is 9.78 Å². The van der Waals surface area contributed by atoms with Crippen LogP contribution in [0.1, 0.15) is 37.7 Å². The number of imidazole rings is 1. The van der Waals surface area contributed by atoms with Crippen molar-refractivity contribution < 1.29 is 0 Å². The summed E-state index contributed by atoms with van der Waals surface area (Å²) in [4.78, 5) is 30.1. The van der Waals surface area contributed by atoms with Crippen LogP contribution in [-0.2, 0) is 33.6 Å². The lowest BCUT2D eigenvalue weighted by Crippen LogP contribution is -2.39. The number of rotatable bonds is 6. The van der Waals surface area contributed by atoms with Crippen LogP contribution >= 0.6 is 0 Å². The first-order valence-corrected chi connectivity index (χ1v) is 9.67. The van der Waals surface area contributed by atoms with Crippen LogP contribution < -0.4 is 11.2 Å². The molecule has 0 N–H and O–H groups in total. The van der Waals surface area contributed by atoms with E-state index in [2.05, 4.69) is 10.1 Å². The standard InChI is InChI=1S/C19H26N6O2/c1-22-11-15(10-21-22)8-5-9-25-18(26)16-17(23(2)19(25)27)20-13-24(16)12-14-6-3-4-7-14/h10-11,13-14H,3-9,12H2,1-2H3. The van der Waals surface area contributed by atoms with Crippen molar-refractivity contribution in [1.82, 2.24) is 28.5 Å². The Labute approximate surface area is 157 Å². The Kier molecular flexibility index (Phi) is 4.72. The first-order chi connectivity index (χ1) is 13.0. The molecule has 0 amide bonds. The van der Waals surface area contributed by atoms with Crippen molar-refractivity contribution in [2.24, 2.45) is 20.0 Å². The van der Waals surface area contributed by atoms with Crippen molar-refractivity contribution in [2.75, 3.05) is 0 Å². The maximum Gasteiger partial charge on any atom is 0.332 e. The van der Waals surface area contributed by atoms with Crippen molar-refractivity contribution in [1.29, 1.82) is 0 Å². The number of nitrogens with zero attached hydrogens (tertiary/aromatic N) is 6. The predicted molar refractivity (Wildman–Crippen MR) is 103 cm³/mol. The van der Waals surface area contributed by atoms with Crippen LogP contribution in [0.2, 0.25) is 0 Å². The van der Waals surface area contributed by atoms with Crippen LogP contribution in [0.3, 0.4) is 0 Å². The molecule has 8 nitrogen and oxygen atoms in total. The van der Waals surface area contributed by atoms with Crippen molar-refractivity contribution >= 4 is 11.2 Å². The molecule has 3 heterocycles. The van der Waals surface area contributed by atoms with E-state index < -0.39 is 0 Å². The van der Waals surface area contributed by atoms with E-state index in [4.69, 9.17) is 0 Å². The zero-order valence-electron chi connectivity index (χ0n) is 16.0. The summed E-state index contributed by atoms with van der Waals surface area (Å²) >= 11 is 0. The highest BCUT2D eigenvalue weighted by Gasteiger charge is 2.20. The quantitative estimate of drug-likeness (QED) is 0.658. The van der Waals surface area contributed by atoms with Crippen molar-refractivity contribution in [3.05, 3.63) is 45.1 Å². The Morgan fingerprint density at radius 3 is 2.67 bits per heavy atom. The molecule has 0 aliphatic heterocycles. The molecule has 27 heavy (non-hydrogen) atoms. The molecule has 0 radical (unpaired) electrons. The molecular weight excluding hydrogens is 344 g/mol. The number of aryl methyl sites for hydroxylation is 3. The average Bonchev–Trinajstić information content (AvgIpc) is 3.38. The third kappa shape index (κ3) is 3.36. The topological polar surface area (TPSA) is 79.6 Å². The van der Waals surface area contributed by atoms with Crippen LogP contribution in [-0.4, -0.2) is 28.5 Å². The van der Waals surface area contributed by atoms with E-state index in [0.29, 0.717) is 30.0 Å². The molecule has 144 valence electrons. The van der Waals surface area contributed by atoms with E-state index in [1.54, 1.807) is 18.1 Å². The second-order valence-corrected chi connectivity index (χ2v) is 7.64. The SMILES string of the molecule is Cn1cc(CCCn2c(=O)c3c(ncn3CC3CCCC3)n(C)c2=O)cn1. The van der Waals surface area contributed by atoms with Gasteiger partial charge in [0.25, 0.3) is 5.56 Å². The van der Waals surface area contributed by atoms with Crippen LogP contribution in [0, 0.1) is 5.92 Å². The summed E-state index contributed by atoms with van der Waals surface area (Å²) in [5.74, 6) is 0.595. The number of aromatic nitrogens is 6. The van der Waals surface area contributed by atoms with Crippen LogP contribution in [0.15, 0.2) is 28.3 Å².